The molecule has 0 fully saturated rings. The van der Waals surface area contributed by atoms with E-state index in [0.29, 0.717) is 5.56 Å². The Morgan fingerprint density at radius 3 is 2.68 bits per heavy atom. The summed E-state index contributed by atoms with van der Waals surface area (Å²) in [6.45, 7) is 3.05. The smallest absolute Gasteiger partial charge is 0.338 e. The number of hydrogen-bond donors (Lipinski definition) is 3. The number of nitrogens with two attached hydrogens (primary N) is 1. The summed E-state index contributed by atoms with van der Waals surface area (Å²) in [7, 11) is 0. The molecule has 0 saturated heterocycles. The molecular weight excluding hydrogens is 244 g/mol. The van der Waals surface area contributed by atoms with Gasteiger partial charge in [0.2, 0.25) is 0 Å². The Morgan fingerprint density at radius 1 is 1.42 bits per heavy atom. The van der Waals surface area contributed by atoms with Crippen LogP contribution >= 0.6 is 0 Å². The predicted molar refractivity (Wildman–Crippen MR) is 75.2 cm³/mol. The summed E-state index contributed by atoms with van der Waals surface area (Å²) in [5.74, 6) is -0.451. The fourth-order valence-electron chi connectivity index (χ4n) is 1.46. The van der Waals surface area contributed by atoms with Gasteiger partial charge in [-0.1, -0.05) is 13.3 Å². The van der Waals surface area contributed by atoms with Crippen molar-refractivity contribution in [3.63, 3.8) is 0 Å². The highest BCUT2D eigenvalue weighted by molar-refractivity contribution is 5.89. The zero-order chi connectivity index (χ0) is 14.1. The molecule has 0 bridgehead atoms. The highest BCUT2D eigenvalue weighted by Crippen LogP contribution is 2.10. The van der Waals surface area contributed by atoms with Gasteiger partial charge in [0.25, 0.3) is 0 Å². The SMILES string of the molecule is CCCCNc1ccc(C(=O)OCC(O)CN)cc1. The monoisotopic (exact) mass is 266 g/mol. The summed E-state index contributed by atoms with van der Waals surface area (Å²) in [5, 5.41) is 12.5. The average molecular weight is 266 g/mol. The van der Waals surface area contributed by atoms with E-state index in [2.05, 4.69) is 12.2 Å². The predicted octanol–water partition coefficient (Wildman–Crippen LogP) is 1.37. The van der Waals surface area contributed by atoms with Crippen molar-refractivity contribution in [1.82, 2.24) is 0 Å². The van der Waals surface area contributed by atoms with Crippen LogP contribution in [0.1, 0.15) is 30.1 Å². The topological polar surface area (TPSA) is 84.6 Å². The normalized spacial score (nSPS) is 11.9. The summed E-state index contributed by atoms with van der Waals surface area (Å²) in [5.41, 5.74) is 6.67. The maximum atomic E-state index is 11.6. The Morgan fingerprint density at radius 2 is 2.11 bits per heavy atom. The quantitative estimate of drug-likeness (QED) is 0.489. The molecule has 0 amide bonds. The molecule has 1 rings (SSSR count). The van der Waals surface area contributed by atoms with Crippen LogP contribution < -0.4 is 11.1 Å². The van der Waals surface area contributed by atoms with Crippen molar-refractivity contribution >= 4 is 11.7 Å². The molecule has 1 aromatic carbocycles. The molecule has 0 aromatic heterocycles. The lowest BCUT2D eigenvalue weighted by atomic mass is 10.2. The van der Waals surface area contributed by atoms with Crippen LogP contribution in [-0.2, 0) is 4.74 Å². The van der Waals surface area contributed by atoms with Gasteiger partial charge >= 0.3 is 5.97 Å². The first-order valence-electron chi connectivity index (χ1n) is 6.56. The first kappa shape index (κ1) is 15.5. The molecule has 0 aliphatic carbocycles. The van der Waals surface area contributed by atoms with E-state index in [4.69, 9.17) is 10.5 Å². The van der Waals surface area contributed by atoms with Gasteiger partial charge < -0.3 is 20.9 Å². The van der Waals surface area contributed by atoms with Crippen LogP contribution in [0.3, 0.4) is 0 Å². The van der Waals surface area contributed by atoms with Crippen molar-refractivity contribution in [2.45, 2.75) is 25.9 Å². The number of aliphatic hydroxyl groups excluding tert-OH is 1. The number of ether oxygens (including phenoxy) is 1. The van der Waals surface area contributed by atoms with E-state index in [1.54, 1.807) is 12.1 Å². The van der Waals surface area contributed by atoms with Crippen molar-refractivity contribution in [2.75, 3.05) is 25.0 Å². The van der Waals surface area contributed by atoms with Crippen molar-refractivity contribution < 1.29 is 14.6 Å². The standard InChI is InChI=1S/C14H22N2O3/c1-2-3-8-16-12-6-4-11(5-7-12)14(18)19-10-13(17)9-15/h4-7,13,16-17H,2-3,8-10,15H2,1H3. The van der Waals surface area contributed by atoms with Gasteiger partial charge in [-0.05, 0) is 30.7 Å². The van der Waals surface area contributed by atoms with Gasteiger partial charge in [0, 0.05) is 18.8 Å². The van der Waals surface area contributed by atoms with Gasteiger partial charge in [0.15, 0.2) is 0 Å². The molecular formula is C14H22N2O3. The van der Waals surface area contributed by atoms with Crippen molar-refractivity contribution in [1.29, 1.82) is 0 Å². The zero-order valence-electron chi connectivity index (χ0n) is 11.3. The van der Waals surface area contributed by atoms with Gasteiger partial charge in [-0.15, -0.1) is 0 Å². The number of carbonyl (C=O) groups excluding carboxylic acids is 1. The van der Waals surface area contributed by atoms with E-state index in [1.807, 2.05) is 12.1 Å². The highest BCUT2D eigenvalue weighted by atomic mass is 16.5. The second-order valence-corrected chi connectivity index (χ2v) is 4.35. The molecule has 4 N–H and O–H groups in total. The number of esters is 1. The third kappa shape index (κ3) is 5.72. The fourth-order valence-corrected chi connectivity index (χ4v) is 1.46. The van der Waals surface area contributed by atoms with E-state index in [0.717, 1.165) is 25.1 Å². The lowest BCUT2D eigenvalue weighted by Crippen LogP contribution is -2.26. The van der Waals surface area contributed by atoms with Crippen molar-refractivity contribution in [3.05, 3.63) is 29.8 Å². The first-order valence-corrected chi connectivity index (χ1v) is 6.56. The number of rotatable bonds is 8. The van der Waals surface area contributed by atoms with Crippen LogP contribution in [-0.4, -0.2) is 36.9 Å². The zero-order valence-corrected chi connectivity index (χ0v) is 11.3. The van der Waals surface area contributed by atoms with Gasteiger partial charge in [0.1, 0.15) is 12.7 Å². The second kappa shape index (κ2) is 8.50. The summed E-state index contributed by atoms with van der Waals surface area (Å²) >= 11 is 0. The van der Waals surface area contributed by atoms with Crippen LogP contribution in [0.15, 0.2) is 24.3 Å². The van der Waals surface area contributed by atoms with Crippen LogP contribution in [0.5, 0.6) is 0 Å². The molecule has 0 heterocycles. The molecule has 0 aliphatic rings. The van der Waals surface area contributed by atoms with E-state index in [1.165, 1.54) is 0 Å². The number of nitrogens with one attached hydrogen (secondary N) is 1. The van der Waals surface area contributed by atoms with Crippen LogP contribution in [0.4, 0.5) is 5.69 Å². The number of hydrogen-bond acceptors (Lipinski definition) is 5. The van der Waals surface area contributed by atoms with E-state index in [-0.39, 0.29) is 13.2 Å². The second-order valence-electron chi connectivity index (χ2n) is 4.35. The molecule has 0 radical (unpaired) electrons. The van der Waals surface area contributed by atoms with Gasteiger partial charge in [-0.3, -0.25) is 0 Å². The first-order chi connectivity index (χ1) is 9.17. The third-order valence-electron chi connectivity index (χ3n) is 2.66. The summed E-state index contributed by atoms with van der Waals surface area (Å²) in [6, 6.07) is 7.08. The number of anilines is 1. The Kier molecular flexibility index (Phi) is 6.92. The van der Waals surface area contributed by atoms with E-state index < -0.39 is 12.1 Å². The number of carbonyl (C=O) groups is 1. The Balaban J connectivity index is 2.44. The lowest BCUT2D eigenvalue weighted by Gasteiger charge is -2.09. The van der Waals surface area contributed by atoms with Crippen molar-refractivity contribution in [2.24, 2.45) is 5.73 Å². The molecule has 5 heteroatoms. The van der Waals surface area contributed by atoms with Crippen LogP contribution in [0, 0.1) is 0 Å². The Labute approximate surface area is 113 Å². The molecule has 0 aliphatic heterocycles. The maximum absolute atomic E-state index is 11.6. The van der Waals surface area contributed by atoms with Crippen LogP contribution in [0.2, 0.25) is 0 Å². The molecule has 1 unspecified atom stereocenters. The van der Waals surface area contributed by atoms with Crippen molar-refractivity contribution in [3.8, 4) is 0 Å². The molecule has 5 nitrogen and oxygen atoms in total. The number of aliphatic hydroxyl groups is 1. The third-order valence-corrected chi connectivity index (χ3v) is 2.66. The molecule has 106 valence electrons. The molecule has 19 heavy (non-hydrogen) atoms. The van der Waals surface area contributed by atoms with Gasteiger partial charge in [0.05, 0.1) is 5.56 Å². The Bertz CT molecular complexity index is 379. The van der Waals surface area contributed by atoms with Crippen LogP contribution in [0.25, 0.3) is 0 Å². The number of benzene rings is 1. The minimum atomic E-state index is -0.807. The average Bonchev–Trinajstić information content (AvgIpc) is 2.45. The minimum absolute atomic E-state index is 0.0770. The molecule has 1 atom stereocenters. The maximum Gasteiger partial charge on any atom is 0.338 e. The summed E-state index contributed by atoms with van der Waals surface area (Å²) in [6.07, 6.45) is 1.45. The van der Waals surface area contributed by atoms with E-state index in [9.17, 15) is 9.90 Å². The van der Waals surface area contributed by atoms with Gasteiger partial charge in [-0.2, -0.15) is 0 Å². The Hall–Kier alpha value is -1.59. The number of unbranched alkanes of at least 4 members (excludes halogenated alkanes) is 1. The van der Waals surface area contributed by atoms with Gasteiger partial charge in [-0.25, -0.2) is 4.79 Å². The largest absolute Gasteiger partial charge is 0.459 e. The highest BCUT2D eigenvalue weighted by Gasteiger charge is 2.09. The lowest BCUT2D eigenvalue weighted by molar-refractivity contribution is 0.0277. The molecule has 0 saturated carbocycles. The summed E-state index contributed by atoms with van der Waals surface area (Å²) in [4.78, 5) is 11.6. The van der Waals surface area contributed by atoms with E-state index >= 15 is 0 Å². The summed E-state index contributed by atoms with van der Waals surface area (Å²) < 4.78 is 4.93. The molecule has 1 aromatic rings. The fraction of sp³-hybridized carbons (Fsp3) is 0.500. The molecule has 0 spiro atoms. The minimum Gasteiger partial charge on any atom is -0.459 e.